The minimum atomic E-state index is -0.761. The second-order valence-electron chi connectivity index (χ2n) is 6.93. The maximum Gasteiger partial charge on any atom is 0.303 e. The lowest BCUT2D eigenvalue weighted by Crippen LogP contribution is -2.34. The maximum absolute atomic E-state index is 12.1. The molecule has 1 aliphatic heterocycles. The van der Waals surface area contributed by atoms with Gasteiger partial charge in [-0.05, 0) is 37.3 Å². The molecule has 1 aromatic rings. The van der Waals surface area contributed by atoms with Crippen molar-refractivity contribution in [2.45, 2.75) is 45.4 Å². The van der Waals surface area contributed by atoms with E-state index in [4.69, 9.17) is 5.11 Å². The summed E-state index contributed by atoms with van der Waals surface area (Å²) in [5.41, 5.74) is 5.10. The van der Waals surface area contributed by atoms with Crippen LogP contribution in [0.2, 0.25) is 0 Å². The number of aliphatic carboxylic acids is 1. The first-order valence-electron chi connectivity index (χ1n) is 9.58. The third-order valence-electron chi connectivity index (χ3n) is 4.97. The molecule has 3 rings (SSSR count). The first-order valence-corrected chi connectivity index (χ1v) is 9.58. The molecule has 5 heteroatoms. The summed E-state index contributed by atoms with van der Waals surface area (Å²) in [4.78, 5) is 22.9. The number of allylic oxidation sites excluding steroid dienone is 3. The molecule has 2 aliphatic rings. The van der Waals surface area contributed by atoms with Gasteiger partial charge in [0.1, 0.15) is 5.78 Å². The summed E-state index contributed by atoms with van der Waals surface area (Å²) in [7, 11) is 0. The molecule has 0 radical (unpaired) electrons. The van der Waals surface area contributed by atoms with Gasteiger partial charge in [0.15, 0.2) is 0 Å². The summed E-state index contributed by atoms with van der Waals surface area (Å²) in [6.45, 7) is 1.90. The molecule has 0 bridgehead atoms. The Morgan fingerprint density at radius 3 is 2.59 bits per heavy atom. The summed E-state index contributed by atoms with van der Waals surface area (Å²) >= 11 is 0. The average molecular weight is 366 g/mol. The number of unbranched alkanes of at least 4 members (excludes halogenated alkanes) is 1. The van der Waals surface area contributed by atoms with Gasteiger partial charge < -0.3 is 15.7 Å². The Labute approximate surface area is 159 Å². The summed E-state index contributed by atoms with van der Waals surface area (Å²) in [6.07, 6.45) is 7.73. The zero-order valence-electron chi connectivity index (χ0n) is 15.6. The van der Waals surface area contributed by atoms with Crippen molar-refractivity contribution < 1.29 is 14.7 Å². The van der Waals surface area contributed by atoms with Gasteiger partial charge in [0.25, 0.3) is 0 Å². The third-order valence-corrected chi connectivity index (χ3v) is 4.97. The zero-order valence-corrected chi connectivity index (χ0v) is 15.6. The number of carbonyl (C=O) groups excluding carboxylic acids is 1. The van der Waals surface area contributed by atoms with E-state index in [1.807, 2.05) is 31.2 Å². The Bertz CT molecular complexity index is 806. The second-order valence-corrected chi connectivity index (χ2v) is 6.93. The van der Waals surface area contributed by atoms with Crippen molar-refractivity contribution in [2.75, 3.05) is 0 Å². The fourth-order valence-electron chi connectivity index (χ4n) is 3.48. The number of rotatable bonds is 8. The van der Waals surface area contributed by atoms with Gasteiger partial charge in [0, 0.05) is 24.5 Å². The lowest BCUT2D eigenvalue weighted by Gasteiger charge is -2.32. The summed E-state index contributed by atoms with van der Waals surface area (Å²) in [6, 6.07) is 10.1. The highest BCUT2D eigenvalue weighted by Gasteiger charge is 2.26. The molecule has 1 unspecified atom stereocenters. The topological polar surface area (TPSA) is 78.4 Å². The van der Waals surface area contributed by atoms with Crippen LogP contribution in [0.3, 0.4) is 0 Å². The fraction of sp³-hybridized carbons (Fsp3) is 0.364. The molecule has 1 heterocycles. The third kappa shape index (κ3) is 4.67. The van der Waals surface area contributed by atoms with E-state index in [0.29, 0.717) is 12.8 Å². The number of benzene rings is 1. The van der Waals surface area contributed by atoms with Crippen molar-refractivity contribution in [1.29, 1.82) is 0 Å². The van der Waals surface area contributed by atoms with Crippen LogP contribution in [0.4, 0.5) is 0 Å². The molecule has 0 saturated carbocycles. The molecule has 5 nitrogen and oxygen atoms in total. The molecule has 27 heavy (non-hydrogen) atoms. The second kappa shape index (κ2) is 8.71. The van der Waals surface area contributed by atoms with Crippen LogP contribution in [0.1, 0.15) is 51.0 Å². The smallest absolute Gasteiger partial charge is 0.303 e. The van der Waals surface area contributed by atoms with Crippen LogP contribution >= 0.6 is 0 Å². The quantitative estimate of drug-likeness (QED) is 0.607. The lowest BCUT2D eigenvalue weighted by atomic mass is 9.90. The molecule has 1 atom stereocenters. The van der Waals surface area contributed by atoms with E-state index in [1.165, 1.54) is 0 Å². The van der Waals surface area contributed by atoms with Crippen molar-refractivity contribution in [2.24, 2.45) is 5.92 Å². The van der Waals surface area contributed by atoms with Crippen LogP contribution in [0.5, 0.6) is 0 Å². The van der Waals surface area contributed by atoms with Crippen molar-refractivity contribution in [3.8, 4) is 0 Å². The average Bonchev–Trinajstić information content (AvgIpc) is 2.70. The van der Waals surface area contributed by atoms with E-state index >= 15 is 0 Å². The predicted molar refractivity (Wildman–Crippen MR) is 105 cm³/mol. The van der Waals surface area contributed by atoms with E-state index in [0.717, 1.165) is 47.6 Å². The van der Waals surface area contributed by atoms with Gasteiger partial charge >= 0.3 is 5.97 Å². The van der Waals surface area contributed by atoms with Gasteiger partial charge in [-0.3, -0.25) is 9.59 Å². The van der Waals surface area contributed by atoms with E-state index < -0.39 is 5.97 Å². The van der Waals surface area contributed by atoms with E-state index in [2.05, 4.69) is 28.8 Å². The molecule has 3 N–H and O–H groups in total. The molecule has 0 aromatic heterocycles. The van der Waals surface area contributed by atoms with Gasteiger partial charge in [0.2, 0.25) is 0 Å². The van der Waals surface area contributed by atoms with Crippen molar-refractivity contribution in [1.82, 2.24) is 10.6 Å². The van der Waals surface area contributed by atoms with E-state index in [1.54, 1.807) is 0 Å². The number of hydrogen-bond donors (Lipinski definition) is 3. The Kier molecular flexibility index (Phi) is 6.12. The molecule has 0 spiro atoms. The van der Waals surface area contributed by atoms with Crippen LogP contribution in [0, 0.1) is 5.92 Å². The summed E-state index contributed by atoms with van der Waals surface area (Å²) < 4.78 is 0. The zero-order chi connectivity index (χ0) is 19.2. The largest absolute Gasteiger partial charge is 0.481 e. The Hall–Kier alpha value is -2.82. The van der Waals surface area contributed by atoms with E-state index in [-0.39, 0.29) is 18.1 Å². The van der Waals surface area contributed by atoms with Gasteiger partial charge in [-0.2, -0.15) is 0 Å². The predicted octanol–water partition coefficient (Wildman–Crippen LogP) is 3.96. The number of hydrogen-bond acceptors (Lipinski definition) is 4. The van der Waals surface area contributed by atoms with Crippen LogP contribution in [0.25, 0.3) is 5.70 Å². The monoisotopic (exact) mass is 366 g/mol. The van der Waals surface area contributed by atoms with Gasteiger partial charge in [0.05, 0.1) is 17.1 Å². The molecular weight excluding hydrogens is 340 g/mol. The number of carboxylic acids is 1. The molecule has 0 saturated heterocycles. The van der Waals surface area contributed by atoms with Crippen LogP contribution in [-0.4, -0.2) is 16.9 Å². The standard InChI is InChI=1S/C22H26N2O3/c1-2-20(25)16-12-13-17-19(14-16)23-18(10-6-7-11-21(26)27)22(24-17)15-8-4-3-5-9-15/h3-5,8-9,13-14,16,23-24H,2,6-7,10-12H2,1H3,(H,26,27). The van der Waals surface area contributed by atoms with Crippen LogP contribution in [-0.2, 0) is 9.59 Å². The normalized spacial score (nSPS) is 18.6. The van der Waals surface area contributed by atoms with Crippen molar-refractivity contribution >= 4 is 17.4 Å². The highest BCUT2D eigenvalue weighted by atomic mass is 16.4. The molecule has 0 fully saturated rings. The van der Waals surface area contributed by atoms with Gasteiger partial charge in [-0.25, -0.2) is 0 Å². The Morgan fingerprint density at radius 1 is 1.11 bits per heavy atom. The molecule has 0 amide bonds. The first-order chi connectivity index (χ1) is 13.1. The Morgan fingerprint density at radius 2 is 1.89 bits per heavy atom. The molecule has 1 aliphatic carbocycles. The highest BCUT2D eigenvalue weighted by molar-refractivity contribution is 5.83. The highest BCUT2D eigenvalue weighted by Crippen LogP contribution is 2.31. The number of fused-ring (bicyclic) bond motifs is 1. The van der Waals surface area contributed by atoms with Gasteiger partial charge in [-0.1, -0.05) is 43.3 Å². The minimum Gasteiger partial charge on any atom is -0.481 e. The first kappa shape index (κ1) is 19.0. The summed E-state index contributed by atoms with van der Waals surface area (Å²) in [5.74, 6) is -0.585. The fourth-order valence-corrected chi connectivity index (χ4v) is 3.48. The van der Waals surface area contributed by atoms with Crippen LogP contribution in [0.15, 0.2) is 59.6 Å². The lowest BCUT2D eigenvalue weighted by molar-refractivity contribution is -0.137. The Balaban J connectivity index is 1.84. The van der Waals surface area contributed by atoms with Crippen molar-refractivity contribution in [3.63, 3.8) is 0 Å². The SMILES string of the molecule is CCC(=O)C1C=C2NC(CCCCC(=O)O)=C(c3ccccc3)NC2=CC1. The van der Waals surface area contributed by atoms with Crippen LogP contribution < -0.4 is 10.6 Å². The van der Waals surface area contributed by atoms with Crippen molar-refractivity contribution in [3.05, 3.63) is 65.1 Å². The maximum atomic E-state index is 12.1. The number of carbonyl (C=O) groups is 2. The molecule has 1 aromatic carbocycles. The minimum absolute atomic E-state index is 0.0745. The van der Waals surface area contributed by atoms with Gasteiger partial charge in [-0.15, -0.1) is 0 Å². The number of carboxylic acid groups (broad SMARTS) is 1. The number of nitrogens with one attached hydrogen (secondary N) is 2. The molecular formula is C22H26N2O3. The number of ketones is 1. The molecule has 142 valence electrons. The summed E-state index contributed by atoms with van der Waals surface area (Å²) in [5, 5.41) is 15.9. The number of Topliss-reactive ketones (excluding diaryl/α,β-unsaturated/α-hetero) is 1. The van der Waals surface area contributed by atoms with E-state index in [9.17, 15) is 9.59 Å².